The van der Waals surface area contributed by atoms with E-state index in [-0.39, 0.29) is 17.4 Å². The van der Waals surface area contributed by atoms with Crippen LogP contribution in [-0.4, -0.2) is 38.9 Å². The van der Waals surface area contributed by atoms with Crippen molar-refractivity contribution < 1.29 is 13.7 Å². The molecule has 8 nitrogen and oxygen atoms in total. The van der Waals surface area contributed by atoms with Crippen molar-refractivity contribution in [2.75, 3.05) is 6.61 Å². The van der Waals surface area contributed by atoms with E-state index in [2.05, 4.69) is 25.4 Å². The van der Waals surface area contributed by atoms with Gasteiger partial charge in [-0.2, -0.15) is 4.99 Å². The van der Waals surface area contributed by atoms with Crippen LogP contribution >= 0.6 is 0 Å². The summed E-state index contributed by atoms with van der Waals surface area (Å²) in [5.74, 6) is 0.249. The lowest BCUT2D eigenvalue weighted by atomic mass is 10.1. The lowest BCUT2D eigenvalue weighted by molar-refractivity contribution is -0.111. The molecule has 0 bridgehead atoms. The SMILES string of the molecule is CCCOc1ccc(S(=O)C(C)(C)C)cc1C1=NC(=O)C2=NN=NC2=N1. The molecule has 136 valence electrons. The first-order chi connectivity index (χ1) is 12.3. The van der Waals surface area contributed by atoms with Gasteiger partial charge in [-0.05, 0) is 50.6 Å². The van der Waals surface area contributed by atoms with Crippen LogP contribution in [0.4, 0.5) is 0 Å². The maximum atomic E-state index is 12.7. The van der Waals surface area contributed by atoms with Crippen molar-refractivity contribution in [2.45, 2.75) is 43.8 Å². The van der Waals surface area contributed by atoms with Crippen LogP contribution in [0.15, 0.2) is 48.5 Å². The highest BCUT2D eigenvalue weighted by Crippen LogP contribution is 2.28. The van der Waals surface area contributed by atoms with Crippen molar-refractivity contribution >= 4 is 34.1 Å². The van der Waals surface area contributed by atoms with Crippen LogP contribution in [0.3, 0.4) is 0 Å². The zero-order valence-corrected chi connectivity index (χ0v) is 15.8. The average molecular weight is 373 g/mol. The van der Waals surface area contributed by atoms with Crippen LogP contribution in [0.25, 0.3) is 0 Å². The Kier molecular flexibility index (Phi) is 4.90. The zero-order chi connectivity index (χ0) is 18.9. The van der Waals surface area contributed by atoms with Gasteiger partial charge < -0.3 is 4.74 Å². The lowest BCUT2D eigenvalue weighted by Crippen LogP contribution is -2.26. The Hall–Kier alpha value is -2.55. The molecular formula is C17H19N5O3S. The van der Waals surface area contributed by atoms with Gasteiger partial charge in [0.2, 0.25) is 11.5 Å². The van der Waals surface area contributed by atoms with Crippen LogP contribution in [0.5, 0.6) is 5.75 Å². The topological polar surface area (TPSA) is 105 Å². The normalized spacial score (nSPS) is 17.4. The maximum Gasteiger partial charge on any atom is 0.303 e. The summed E-state index contributed by atoms with van der Waals surface area (Å²) in [6.07, 6.45) is 0.820. The fourth-order valence-electron chi connectivity index (χ4n) is 2.30. The quantitative estimate of drug-likeness (QED) is 0.792. The summed E-state index contributed by atoms with van der Waals surface area (Å²) in [5, 5.41) is 10.8. The molecule has 1 unspecified atom stereocenters. The summed E-state index contributed by atoms with van der Waals surface area (Å²) in [7, 11) is -1.25. The molecule has 2 heterocycles. The number of fused-ring (bicyclic) bond motifs is 1. The van der Waals surface area contributed by atoms with Crippen LogP contribution in [0.2, 0.25) is 0 Å². The van der Waals surface area contributed by atoms with E-state index >= 15 is 0 Å². The van der Waals surface area contributed by atoms with E-state index in [1.54, 1.807) is 18.2 Å². The maximum absolute atomic E-state index is 12.7. The summed E-state index contributed by atoms with van der Waals surface area (Å²) >= 11 is 0. The largest absolute Gasteiger partial charge is 0.493 e. The summed E-state index contributed by atoms with van der Waals surface area (Å²) in [4.78, 5) is 21.0. The van der Waals surface area contributed by atoms with Crippen molar-refractivity contribution in [1.29, 1.82) is 0 Å². The third kappa shape index (κ3) is 3.52. The van der Waals surface area contributed by atoms with Gasteiger partial charge >= 0.3 is 5.91 Å². The molecule has 9 heteroatoms. The van der Waals surface area contributed by atoms with E-state index in [1.165, 1.54) is 0 Å². The Morgan fingerprint density at radius 2 is 1.92 bits per heavy atom. The fraction of sp³-hybridized carbons (Fsp3) is 0.412. The Bertz CT molecular complexity index is 909. The molecule has 2 aliphatic heterocycles. The van der Waals surface area contributed by atoms with E-state index < -0.39 is 21.5 Å². The molecule has 0 saturated carbocycles. The average Bonchev–Trinajstić information content (AvgIpc) is 3.07. The van der Waals surface area contributed by atoms with Gasteiger partial charge in [0.05, 0.1) is 23.0 Å². The van der Waals surface area contributed by atoms with E-state index in [9.17, 15) is 9.00 Å². The highest BCUT2D eigenvalue weighted by molar-refractivity contribution is 7.86. The van der Waals surface area contributed by atoms with Gasteiger partial charge in [0.1, 0.15) is 5.75 Å². The molecule has 1 aromatic carbocycles. The van der Waals surface area contributed by atoms with Gasteiger partial charge in [-0.15, -0.1) is 10.2 Å². The second-order valence-electron chi connectivity index (χ2n) is 6.70. The molecule has 0 fully saturated rings. The summed E-state index contributed by atoms with van der Waals surface area (Å²) in [5.41, 5.74) is 0.523. The standard InChI is InChI=1S/C17H19N5O3S/c1-5-8-25-12-7-6-10(26(24)17(2,3)4)9-11(12)14-18-15-13(16(23)19-14)20-22-21-15/h6-7,9H,5,8H2,1-4H3. The van der Waals surface area contributed by atoms with E-state index in [1.807, 2.05) is 27.7 Å². The number of rotatable bonds is 5. The number of hydrogen-bond donors (Lipinski definition) is 0. The van der Waals surface area contributed by atoms with Crippen molar-refractivity contribution in [3.05, 3.63) is 23.8 Å². The Morgan fingerprint density at radius 1 is 1.15 bits per heavy atom. The first kappa shape index (κ1) is 18.2. The Morgan fingerprint density at radius 3 is 2.62 bits per heavy atom. The van der Waals surface area contributed by atoms with Crippen LogP contribution < -0.4 is 4.74 Å². The minimum atomic E-state index is -1.25. The highest BCUT2D eigenvalue weighted by atomic mass is 32.2. The molecule has 0 spiro atoms. The molecule has 3 rings (SSSR count). The number of hydrogen-bond acceptors (Lipinski definition) is 7. The van der Waals surface area contributed by atoms with Crippen molar-refractivity contribution in [3.63, 3.8) is 0 Å². The highest BCUT2D eigenvalue weighted by Gasteiger charge is 2.30. The predicted molar refractivity (Wildman–Crippen MR) is 99.7 cm³/mol. The third-order valence-electron chi connectivity index (χ3n) is 3.54. The predicted octanol–water partition coefficient (Wildman–Crippen LogP) is 2.89. The number of ether oxygens (including phenoxy) is 1. The van der Waals surface area contributed by atoms with Gasteiger partial charge in [0.15, 0.2) is 5.84 Å². The van der Waals surface area contributed by atoms with E-state index in [4.69, 9.17) is 4.74 Å². The molecular weight excluding hydrogens is 354 g/mol. The van der Waals surface area contributed by atoms with Crippen molar-refractivity contribution in [3.8, 4) is 5.75 Å². The summed E-state index contributed by atoms with van der Waals surface area (Å²) in [6, 6.07) is 5.20. The molecule has 1 aromatic rings. The number of nitrogens with zero attached hydrogens (tertiary/aromatic N) is 5. The minimum absolute atomic E-state index is 0.0270. The molecule has 0 aliphatic carbocycles. The molecule has 0 radical (unpaired) electrons. The first-order valence-electron chi connectivity index (χ1n) is 8.21. The van der Waals surface area contributed by atoms with Gasteiger partial charge in [-0.25, -0.2) is 4.99 Å². The molecule has 26 heavy (non-hydrogen) atoms. The second kappa shape index (κ2) is 6.99. The smallest absolute Gasteiger partial charge is 0.303 e. The lowest BCUT2D eigenvalue weighted by Gasteiger charge is -2.19. The van der Waals surface area contributed by atoms with Gasteiger partial charge in [-0.3, -0.25) is 9.00 Å². The number of aliphatic imine (C=N–C) groups is 2. The molecule has 0 N–H and O–H groups in total. The minimum Gasteiger partial charge on any atom is -0.493 e. The third-order valence-corrected chi connectivity index (χ3v) is 5.34. The number of amidine groups is 2. The van der Waals surface area contributed by atoms with Crippen LogP contribution in [0.1, 0.15) is 39.7 Å². The van der Waals surface area contributed by atoms with Crippen LogP contribution in [-0.2, 0) is 15.6 Å². The number of carbonyl (C=O) groups is 1. The Labute approximate surface area is 153 Å². The second-order valence-corrected chi connectivity index (χ2v) is 8.94. The molecule has 0 saturated heterocycles. The summed E-state index contributed by atoms with van der Waals surface area (Å²) < 4.78 is 18.1. The monoisotopic (exact) mass is 373 g/mol. The van der Waals surface area contributed by atoms with Gasteiger partial charge in [0, 0.05) is 9.64 Å². The molecule has 0 aromatic heterocycles. The number of benzene rings is 1. The van der Waals surface area contributed by atoms with Crippen LogP contribution in [0, 0.1) is 0 Å². The van der Waals surface area contributed by atoms with E-state index in [0.29, 0.717) is 22.8 Å². The van der Waals surface area contributed by atoms with Gasteiger partial charge in [0.25, 0.3) is 0 Å². The molecule has 1 amide bonds. The molecule has 1 atom stereocenters. The molecule has 2 aliphatic rings. The summed E-state index contributed by atoms with van der Waals surface area (Å²) in [6.45, 7) is 8.18. The van der Waals surface area contributed by atoms with Crippen molar-refractivity contribution in [2.24, 2.45) is 25.4 Å². The number of amides is 1. The first-order valence-corrected chi connectivity index (χ1v) is 9.36. The van der Waals surface area contributed by atoms with E-state index in [0.717, 1.165) is 6.42 Å². The van der Waals surface area contributed by atoms with Gasteiger partial charge in [-0.1, -0.05) is 6.92 Å². The zero-order valence-electron chi connectivity index (χ0n) is 15.0. The fourth-order valence-corrected chi connectivity index (χ4v) is 3.42. The van der Waals surface area contributed by atoms with Crippen molar-refractivity contribution in [1.82, 2.24) is 0 Å². The Balaban J connectivity index is 2.08. The number of carbonyl (C=O) groups excluding carboxylic acids is 1.